The molecule has 0 atom stereocenters. The van der Waals surface area contributed by atoms with E-state index in [4.69, 9.17) is 9.47 Å². The molecule has 0 spiro atoms. The lowest BCUT2D eigenvalue weighted by atomic mass is 10.0. The van der Waals surface area contributed by atoms with Crippen LogP contribution in [0.25, 0.3) is 16.5 Å². The van der Waals surface area contributed by atoms with Crippen LogP contribution in [0, 0.1) is 0 Å². The number of rotatable bonds is 6. The van der Waals surface area contributed by atoms with Crippen molar-refractivity contribution >= 4 is 22.2 Å². The molecule has 3 aromatic rings. The lowest BCUT2D eigenvalue weighted by Crippen LogP contribution is -2.14. The highest BCUT2D eigenvalue weighted by atomic mass is 16.5. The maximum absolute atomic E-state index is 10.1. The number of aromatic hydroxyl groups is 1. The fraction of sp³-hybridized carbons (Fsp3) is 0.240. The van der Waals surface area contributed by atoms with E-state index in [9.17, 15) is 5.11 Å². The number of hydrogen-bond acceptors (Lipinski definition) is 7. The predicted molar refractivity (Wildman–Crippen MR) is 125 cm³/mol. The van der Waals surface area contributed by atoms with Crippen molar-refractivity contribution in [1.82, 2.24) is 15.0 Å². The van der Waals surface area contributed by atoms with Gasteiger partial charge in [-0.25, -0.2) is 0 Å². The second kappa shape index (κ2) is 9.62. The summed E-state index contributed by atoms with van der Waals surface area (Å²) in [6.07, 6.45) is 10.1. The number of nitrogens with zero attached hydrogens (tertiary/aromatic N) is 4. The Morgan fingerprint density at radius 1 is 1.12 bits per heavy atom. The molecule has 7 heteroatoms. The molecule has 32 heavy (non-hydrogen) atoms. The summed E-state index contributed by atoms with van der Waals surface area (Å²) in [5.74, 6) is 0.466. The highest BCUT2D eigenvalue weighted by molar-refractivity contribution is 5.82. The molecule has 4 rings (SSSR count). The standard InChI is InChI=1S/C25H26N4O3/c1-17(29(3)21-8-6-19(7-9-21)20-11-14-31-15-12-20)4-5-18(2)32-25-27-23-16-26-13-10-22(23)24(30)28-25/h4-11,13,16H,12,14-15H2,1-3H3,(H,27,28,30)/b17-4+,18-5+. The van der Waals surface area contributed by atoms with Gasteiger partial charge in [0.25, 0.3) is 0 Å². The SMILES string of the molecule is C/C(=C\C=C(/C)N(C)c1ccc(C2=CCOCC2)cc1)Oc1nc(O)c2ccncc2n1. The number of hydrogen-bond donors (Lipinski definition) is 1. The van der Waals surface area contributed by atoms with Gasteiger partial charge in [-0.3, -0.25) is 4.98 Å². The minimum absolute atomic E-state index is 0.0779. The Kier molecular flexibility index (Phi) is 6.47. The van der Waals surface area contributed by atoms with Crippen LogP contribution < -0.4 is 9.64 Å². The van der Waals surface area contributed by atoms with Crippen LogP contribution >= 0.6 is 0 Å². The summed E-state index contributed by atoms with van der Waals surface area (Å²) in [5.41, 5.74) is 5.24. The second-order valence-corrected chi connectivity index (χ2v) is 7.57. The van der Waals surface area contributed by atoms with Crippen LogP contribution in [0.15, 0.2) is 72.4 Å². The van der Waals surface area contributed by atoms with Crippen molar-refractivity contribution in [2.75, 3.05) is 25.2 Å². The van der Waals surface area contributed by atoms with Gasteiger partial charge in [-0.1, -0.05) is 18.2 Å². The zero-order chi connectivity index (χ0) is 22.5. The van der Waals surface area contributed by atoms with Crippen molar-refractivity contribution in [2.24, 2.45) is 0 Å². The van der Waals surface area contributed by atoms with E-state index in [0.717, 1.165) is 24.4 Å². The Morgan fingerprint density at radius 3 is 2.69 bits per heavy atom. The van der Waals surface area contributed by atoms with E-state index < -0.39 is 0 Å². The van der Waals surface area contributed by atoms with E-state index in [1.165, 1.54) is 11.1 Å². The Balaban J connectivity index is 1.44. The molecule has 1 N–H and O–H groups in total. The van der Waals surface area contributed by atoms with Crippen molar-refractivity contribution in [1.29, 1.82) is 0 Å². The molecule has 3 heterocycles. The molecule has 0 aliphatic carbocycles. The molecule has 1 aromatic carbocycles. The summed E-state index contributed by atoms with van der Waals surface area (Å²) in [7, 11) is 2.02. The van der Waals surface area contributed by atoms with Gasteiger partial charge in [0.1, 0.15) is 5.76 Å². The van der Waals surface area contributed by atoms with E-state index in [-0.39, 0.29) is 11.9 Å². The summed E-state index contributed by atoms with van der Waals surface area (Å²) in [5, 5.41) is 10.6. The van der Waals surface area contributed by atoms with Gasteiger partial charge >= 0.3 is 6.01 Å². The molecule has 0 unspecified atom stereocenters. The zero-order valence-corrected chi connectivity index (χ0v) is 18.4. The molecule has 0 amide bonds. The van der Waals surface area contributed by atoms with Gasteiger partial charge in [0, 0.05) is 24.6 Å². The van der Waals surface area contributed by atoms with Crippen LogP contribution in [0.5, 0.6) is 11.9 Å². The first kappa shape index (κ1) is 21.5. The molecule has 0 bridgehead atoms. The Labute approximate surface area is 187 Å². The van der Waals surface area contributed by atoms with E-state index in [2.05, 4.69) is 50.2 Å². The second-order valence-electron chi connectivity index (χ2n) is 7.57. The number of anilines is 1. The largest absolute Gasteiger partial charge is 0.493 e. The molecule has 164 valence electrons. The summed E-state index contributed by atoms with van der Waals surface area (Å²) < 4.78 is 11.1. The van der Waals surface area contributed by atoms with E-state index in [0.29, 0.717) is 23.3 Å². The fourth-order valence-electron chi connectivity index (χ4n) is 3.41. The Bertz CT molecular complexity index is 1200. The fourth-order valence-corrected chi connectivity index (χ4v) is 3.41. The summed E-state index contributed by atoms with van der Waals surface area (Å²) in [4.78, 5) is 14.4. The van der Waals surface area contributed by atoms with Gasteiger partial charge in [-0.2, -0.15) is 9.97 Å². The normalized spacial score (nSPS) is 14.9. The van der Waals surface area contributed by atoms with Crippen LogP contribution in [-0.4, -0.2) is 40.3 Å². The van der Waals surface area contributed by atoms with Crippen molar-refractivity contribution in [3.63, 3.8) is 0 Å². The number of fused-ring (bicyclic) bond motifs is 1. The topological polar surface area (TPSA) is 80.6 Å². The Morgan fingerprint density at radius 2 is 1.94 bits per heavy atom. The van der Waals surface area contributed by atoms with E-state index >= 15 is 0 Å². The molecule has 1 aliphatic heterocycles. The lowest BCUT2D eigenvalue weighted by molar-refractivity contribution is 0.161. The van der Waals surface area contributed by atoms with Crippen LogP contribution in [-0.2, 0) is 4.74 Å². The third-order valence-corrected chi connectivity index (χ3v) is 5.39. The summed E-state index contributed by atoms with van der Waals surface area (Å²) >= 11 is 0. The number of pyridine rings is 1. The monoisotopic (exact) mass is 430 g/mol. The molecule has 0 fully saturated rings. The zero-order valence-electron chi connectivity index (χ0n) is 18.4. The van der Waals surface area contributed by atoms with Gasteiger partial charge in [-0.15, -0.1) is 0 Å². The average molecular weight is 431 g/mol. The molecule has 0 saturated carbocycles. The van der Waals surface area contributed by atoms with Gasteiger partial charge in [0.05, 0.1) is 30.3 Å². The minimum Gasteiger partial charge on any atom is -0.493 e. The predicted octanol–water partition coefficient (Wildman–Crippen LogP) is 4.86. The van der Waals surface area contributed by atoms with Crippen molar-refractivity contribution in [3.8, 4) is 11.9 Å². The van der Waals surface area contributed by atoms with Crippen molar-refractivity contribution in [3.05, 3.63) is 78.0 Å². The first-order valence-corrected chi connectivity index (χ1v) is 10.5. The van der Waals surface area contributed by atoms with Crippen LogP contribution in [0.2, 0.25) is 0 Å². The number of ether oxygens (including phenoxy) is 2. The van der Waals surface area contributed by atoms with Crippen LogP contribution in [0.4, 0.5) is 5.69 Å². The van der Waals surface area contributed by atoms with Crippen LogP contribution in [0.1, 0.15) is 25.8 Å². The summed E-state index contributed by atoms with van der Waals surface area (Å²) in [6, 6.07) is 10.3. The van der Waals surface area contributed by atoms with E-state index in [1.54, 1.807) is 18.5 Å². The number of benzene rings is 1. The van der Waals surface area contributed by atoms with Crippen molar-refractivity contribution < 1.29 is 14.6 Å². The third-order valence-electron chi connectivity index (χ3n) is 5.39. The number of aromatic nitrogens is 3. The van der Waals surface area contributed by atoms with Crippen LogP contribution in [0.3, 0.4) is 0 Å². The van der Waals surface area contributed by atoms with Gasteiger partial charge in [0.2, 0.25) is 5.88 Å². The van der Waals surface area contributed by atoms with Gasteiger partial charge < -0.3 is 19.5 Å². The molecule has 2 aromatic heterocycles. The number of allylic oxidation sites excluding steroid dienone is 4. The molecular formula is C25H26N4O3. The van der Waals surface area contributed by atoms with Crippen molar-refractivity contribution in [2.45, 2.75) is 20.3 Å². The first-order chi connectivity index (χ1) is 15.5. The maximum Gasteiger partial charge on any atom is 0.325 e. The van der Waals surface area contributed by atoms with E-state index in [1.807, 2.05) is 33.0 Å². The highest BCUT2D eigenvalue weighted by Crippen LogP contribution is 2.26. The molecular weight excluding hydrogens is 404 g/mol. The average Bonchev–Trinajstić information content (AvgIpc) is 2.83. The van der Waals surface area contributed by atoms with Gasteiger partial charge in [0.15, 0.2) is 0 Å². The molecule has 0 radical (unpaired) electrons. The highest BCUT2D eigenvalue weighted by Gasteiger charge is 2.09. The Hall–Kier alpha value is -3.71. The first-order valence-electron chi connectivity index (χ1n) is 10.5. The lowest BCUT2D eigenvalue weighted by Gasteiger charge is -2.21. The minimum atomic E-state index is -0.133. The third kappa shape index (κ3) is 4.95. The molecule has 7 nitrogen and oxygen atoms in total. The summed E-state index contributed by atoms with van der Waals surface area (Å²) in [6.45, 7) is 5.31. The molecule has 0 saturated heterocycles. The smallest absolute Gasteiger partial charge is 0.325 e. The van der Waals surface area contributed by atoms with Gasteiger partial charge in [-0.05, 0) is 61.8 Å². The molecule has 1 aliphatic rings. The quantitative estimate of drug-likeness (QED) is 0.442. The maximum atomic E-state index is 10.1.